The Morgan fingerprint density at radius 1 is 1.07 bits per heavy atom. The number of amides is 2. The number of anilines is 2. The van der Waals surface area contributed by atoms with E-state index in [1.165, 1.54) is 25.3 Å². The summed E-state index contributed by atoms with van der Waals surface area (Å²) in [6.07, 6.45) is 0.488. The van der Waals surface area contributed by atoms with Crippen molar-refractivity contribution in [3.8, 4) is 11.8 Å². The normalized spacial score (nSPS) is 11.1. The van der Waals surface area contributed by atoms with Crippen LogP contribution >= 0.6 is 0 Å². The highest BCUT2D eigenvalue weighted by Crippen LogP contribution is 2.24. The molecule has 3 aromatic rings. The van der Waals surface area contributed by atoms with Crippen LogP contribution in [0.3, 0.4) is 0 Å². The zero-order valence-electron chi connectivity index (χ0n) is 15.9. The first-order valence-electron chi connectivity index (χ1n) is 8.96. The summed E-state index contributed by atoms with van der Waals surface area (Å²) < 4.78 is 19.3. The minimum absolute atomic E-state index is 0.0632. The first-order chi connectivity index (χ1) is 14.5. The van der Waals surface area contributed by atoms with E-state index in [-0.39, 0.29) is 28.4 Å². The molecule has 2 aromatic carbocycles. The summed E-state index contributed by atoms with van der Waals surface area (Å²) in [5.74, 6) is -1.43. The fraction of sp³-hybridized carbons (Fsp3) is 0.0909. The van der Waals surface area contributed by atoms with E-state index in [4.69, 9.17) is 10.00 Å². The lowest BCUT2D eigenvalue weighted by Gasteiger charge is -2.17. The molecule has 1 heterocycles. The highest BCUT2D eigenvalue weighted by atomic mass is 19.1. The van der Waals surface area contributed by atoms with Crippen molar-refractivity contribution in [1.29, 1.82) is 5.26 Å². The molecule has 1 aromatic heterocycles. The summed E-state index contributed by atoms with van der Waals surface area (Å²) in [4.78, 5) is 28.9. The van der Waals surface area contributed by atoms with Crippen LogP contribution in [0, 0.1) is 17.1 Å². The first kappa shape index (κ1) is 20.5. The van der Waals surface area contributed by atoms with Crippen molar-refractivity contribution < 1.29 is 18.7 Å². The lowest BCUT2D eigenvalue weighted by Crippen LogP contribution is -2.31. The highest BCUT2D eigenvalue weighted by molar-refractivity contribution is 6.06. The van der Waals surface area contributed by atoms with E-state index < -0.39 is 23.7 Å². The number of aromatic nitrogens is 1. The standard InChI is InChI=1S/C22H17FN4O3/c1-14(30-20-8-3-2-6-15(20)13-24)21(28)27-19-12-16(23)9-10-17(19)26-22(29)18-7-4-5-11-25-18/h2-12,14H,1H3,(H,26,29)(H,27,28). The summed E-state index contributed by atoms with van der Waals surface area (Å²) >= 11 is 0. The Balaban J connectivity index is 1.75. The van der Waals surface area contributed by atoms with Gasteiger partial charge in [-0.1, -0.05) is 18.2 Å². The number of halogens is 1. The number of pyridine rings is 1. The average Bonchev–Trinajstić information content (AvgIpc) is 2.76. The largest absolute Gasteiger partial charge is 0.480 e. The van der Waals surface area contributed by atoms with Crippen LogP contribution in [0.2, 0.25) is 0 Å². The molecular formula is C22H17FN4O3. The van der Waals surface area contributed by atoms with Crippen molar-refractivity contribution in [2.45, 2.75) is 13.0 Å². The van der Waals surface area contributed by atoms with Gasteiger partial charge in [-0.25, -0.2) is 4.39 Å². The van der Waals surface area contributed by atoms with Gasteiger partial charge in [0.05, 0.1) is 16.9 Å². The van der Waals surface area contributed by atoms with Crippen molar-refractivity contribution in [2.75, 3.05) is 10.6 Å². The lowest BCUT2D eigenvalue weighted by molar-refractivity contribution is -0.122. The Labute approximate surface area is 172 Å². The molecule has 1 atom stereocenters. The number of carbonyl (C=O) groups excluding carboxylic acids is 2. The number of nitriles is 1. The summed E-state index contributed by atoms with van der Waals surface area (Å²) in [5, 5.41) is 14.3. The molecule has 8 heteroatoms. The molecule has 1 unspecified atom stereocenters. The Hall–Kier alpha value is -4.25. The number of benzene rings is 2. The minimum atomic E-state index is -0.984. The summed E-state index contributed by atoms with van der Waals surface area (Å²) in [7, 11) is 0. The predicted octanol–water partition coefficient (Wildman–Crippen LogP) is 3.75. The smallest absolute Gasteiger partial charge is 0.274 e. The third-order valence-corrected chi connectivity index (χ3v) is 4.07. The van der Waals surface area contributed by atoms with Crippen molar-refractivity contribution in [1.82, 2.24) is 4.98 Å². The van der Waals surface area contributed by atoms with E-state index in [0.717, 1.165) is 12.1 Å². The number of hydrogen-bond acceptors (Lipinski definition) is 5. The van der Waals surface area contributed by atoms with E-state index in [2.05, 4.69) is 15.6 Å². The molecule has 0 aliphatic rings. The summed E-state index contributed by atoms with van der Waals surface area (Å²) in [6, 6.07) is 16.9. The topological polar surface area (TPSA) is 104 Å². The fourth-order valence-corrected chi connectivity index (χ4v) is 2.55. The van der Waals surface area contributed by atoms with Gasteiger partial charge in [-0.15, -0.1) is 0 Å². The zero-order valence-corrected chi connectivity index (χ0v) is 15.9. The van der Waals surface area contributed by atoms with Gasteiger partial charge >= 0.3 is 0 Å². The van der Waals surface area contributed by atoms with E-state index in [9.17, 15) is 14.0 Å². The molecule has 2 N–H and O–H groups in total. The van der Waals surface area contributed by atoms with Crippen LogP contribution in [-0.4, -0.2) is 22.9 Å². The van der Waals surface area contributed by atoms with E-state index >= 15 is 0 Å². The van der Waals surface area contributed by atoms with Crippen LogP contribution in [0.5, 0.6) is 5.75 Å². The molecule has 0 spiro atoms. The maximum Gasteiger partial charge on any atom is 0.274 e. The second-order valence-electron chi connectivity index (χ2n) is 6.22. The molecule has 0 fully saturated rings. The van der Waals surface area contributed by atoms with Gasteiger partial charge in [-0.2, -0.15) is 5.26 Å². The maximum atomic E-state index is 13.8. The third-order valence-electron chi connectivity index (χ3n) is 4.07. The Bertz CT molecular complexity index is 1110. The Morgan fingerprint density at radius 3 is 2.57 bits per heavy atom. The van der Waals surface area contributed by atoms with Gasteiger partial charge in [0.1, 0.15) is 23.3 Å². The van der Waals surface area contributed by atoms with Gasteiger partial charge in [0.15, 0.2) is 6.10 Å². The number of nitrogens with zero attached hydrogens (tertiary/aromatic N) is 2. The minimum Gasteiger partial charge on any atom is -0.480 e. The Kier molecular flexibility index (Phi) is 6.35. The molecule has 0 aliphatic heterocycles. The van der Waals surface area contributed by atoms with Crippen LogP contribution in [-0.2, 0) is 4.79 Å². The van der Waals surface area contributed by atoms with Crippen molar-refractivity contribution in [3.63, 3.8) is 0 Å². The molecule has 30 heavy (non-hydrogen) atoms. The molecule has 0 bridgehead atoms. The van der Waals surface area contributed by atoms with Gasteiger partial charge < -0.3 is 15.4 Å². The highest BCUT2D eigenvalue weighted by Gasteiger charge is 2.19. The van der Waals surface area contributed by atoms with Crippen molar-refractivity contribution in [3.05, 3.63) is 83.9 Å². The van der Waals surface area contributed by atoms with Crippen LogP contribution in [0.15, 0.2) is 66.9 Å². The second kappa shape index (κ2) is 9.30. The predicted molar refractivity (Wildman–Crippen MR) is 108 cm³/mol. The molecule has 0 aliphatic carbocycles. The van der Waals surface area contributed by atoms with Gasteiger partial charge in [-0.3, -0.25) is 14.6 Å². The van der Waals surface area contributed by atoms with Crippen LogP contribution in [0.4, 0.5) is 15.8 Å². The number of hydrogen-bond donors (Lipinski definition) is 2. The molecule has 7 nitrogen and oxygen atoms in total. The van der Waals surface area contributed by atoms with Crippen LogP contribution in [0.25, 0.3) is 0 Å². The molecular weight excluding hydrogens is 387 g/mol. The first-order valence-corrected chi connectivity index (χ1v) is 8.96. The number of rotatable bonds is 6. The monoisotopic (exact) mass is 404 g/mol. The van der Waals surface area contributed by atoms with E-state index in [1.54, 1.807) is 36.4 Å². The van der Waals surface area contributed by atoms with Gasteiger partial charge in [0, 0.05) is 6.20 Å². The molecule has 0 saturated heterocycles. The van der Waals surface area contributed by atoms with Gasteiger partial charge in [0.25, 0.3) is 11.8 Å². The summed E-state index contributed by atoms with van der Waals surface area (Å²) in [5.41, 5.74) is 0.716. The SMILES string of the molecule is CC(Oc1ccccc1C#N)C(=O)Nc1cc(F)ccc1NC(=O)c1ccccn1. The second-order valence-corrected chi connectivity index (χ2v) is 6.22. The van der Waals surface area contributed by atoms with Crippen LogP contribution in [0.1, 0.15) is 23.0 Å². The number of ether oxygens (including phenoxy) is 1. The quantitative estimate of drug-likeness (QED) is 0.651. The molecule has 0 radical (unpaired) electrons. The van der Waals surface area contributed by atoms with Crippen LogP contribution < -0.4 is 15.4 Å². The summed E-state index contributed by atoms with van der Waals surface area (Å²) in [6.45, 7) is 1.49. The third kappa shape index (κ3) is 4.97. The molecule has 0 saturated carbocycles. The molecule has 3 rings (SSSR count). The fourth-order valence-electron chi connectivity index (χ4n) is 2.55. The maximum absolute atomic E-state index is 13.8. The van der Waals surface area contributed by atoms with Gasteiger partial charge in [-0.05, 0) is 49.4 Å². The van der Waals surface area contributed by atoms with E-state index in [1.807, 2.05) is 6.07 Å². The number of para-hydroxylation sites is 1. The average molecular weight is 404 g/mol. The zero-order chi connectivity index (χ0) is 21.5. The van der Waals surface area contributed by atoms with E-state index in [0.29, 0.717) is 0 Å². The van der Waals surface area contributed by atoms with Crippen molar-refractivity contribution >= 4 is 23.2 Å². The molecule has 150 valence electrons. The molecule has 2 amide bonds. The number of carbonyl (C=O) groups is 2. The van der Waals surface area contributed by atoms with Gasteiger partial charge in [0.2, 0.25) is 0 Å². The Morgan fingerprint density at radius 2 is 1.83 bits per heavy atom. The lowest BCUT2D eigenvalue weighted by atomic mass is 10.2. The van der Waals surface area contributed by atoms with Crippen molar-refractivity contribution in [2.24, 2.45) is 0 Å². The number of nitrogens with one attached hydrogen (secondary N) is 2.